The van der Waals surface area contributed by atoms with Gasteiger partial charge in [0.1, 0.15) is 0 Å². The van der Waals surface area contributed by atoms with Gasteiger partial charge in [0.05, 0.1) is 17.6 Å². The standard InChI is InChI=1S/C13H27NO3S/c1-3-14-12(2)7-4-5-10-18(15,16)11-13-8-6-9-17-13/h12-14H,3-11H2,1-2H3. The Kier molecular flexibility index (Phi) is 7.19. The minimum atomic E-state index is -2.92. The van der Waals surface area contributed by atoms with Gasteiger partial charge in [0.25, 0.3) is 0 Å². The zero-order chi connectivity index (χ0) is 13.4. The minimum Gasteiger partial charge on any atom is -0.377 e. The van der Waals surface area contributed by atoms with E-state index in [1.165, 1.54) is 0 Å². The van der Waals surface area contributed by atoms with E-state index < -0.39 is 9.84 Å². The van der Waals surface area contributed by atoms with Crippen molar-refractivity contribution in [2.75, 3.05) is 24.7 Å². The van der Waals surface area contributed by atoms with Crippen LogP contribution in [0.3, 0.4) is 0 Å². The van der Waals surface area contributed by atoms with Gasteiger partial charge in [-0.1, -0.05) is 13.3 Å². The highest BCUT2D eigenvalue weighted by Gasteiger charge is 2.22. The van der Waals surface area contributed by atoms with E-state index in [9.17, 15) is 8.42 Å². The highest BCUT2D eigenvalue weighted by atomic mass is 32.2. The van der Waals surface area contributed by atoms with E-state index in [0.29, 0.717) is 11.8 Å². The van der Waals surface area contributed by atoms with Crippen molar-refractivity contribution in [3.63, 3.8) is 0 Å². The third-order valence-electron chi connectivity index (χ3n) is 3.36. The molecule has 4 nitrogen and oxygen atoms in total. The molecule has 0 aliphatic carbocycles. The number of hydrogen-bond donors (Lipinski definition) is 1. The van der Waals surface area contributed by atoms with Crippen LogP contribution in [0.4, 0.5) is 0 Å². The van der Waals surface area contributed by atoms with E-state index in [-0.39, 0.29) is 11.9 Å². The third kappa shape index (κ3) is 6.71. The van der Waals surface area contributed by atoms with E-state index in [2.05, 4.69) is 19.2 Å². The molecule has 1 saturated heterocycles. The molecule has 0 amide bonds. The Labute approximate surface area is 111 Å². The van der Waals surface area contributed by atoms with Crippen LogP contribution in [0.2, 0.25) is 0 Å². The van der Waals surface area contributed by atoms with Crippen molar-refractivity contribution in [3.8, 4) is 0 Å². The first-order chi connectivity index (χ1) is 8.53. The predicted octanol–water partition coefficient (Wildman–Crippen LogP) is 1.75. The zero-order valence-corrected chi connectivity index (χ0v) is 12.5. The summed E-state index contributed by atoms with van der Waals surface area (Å²) >= 11 is 0. The van der Waals surface area contributed by atoms with Gasteiger partial charge in [-0.3, -0.25) is 0 Å². The number of rotatable bonds is 9. The maximum Gasteiger partial charge on any atom is 0.152 e. The van der Waals surface area contributed by atoms with Crippen LogP contribution >= 0.6 is 0 Å². The lowest BCUT2D eigenvalue weighted by atomic mass is 10.1. The Morgan fingerprint density at radius 3 is 2.78 bits per heavy atom. The summed E-state index contributed by atoms with van der Waals surface area (Å²) in [6.45, 7) is 5.92. The van der Waals surface area contributed by atoms with Crippen molar-refractivity contribution in [2.45, 2.75) is 58.1 Å². The first kappa shape index (κ1) is 15.9. The van der Waals surface area contributed by atoms with E-state index in [4.69, 9.17) is 4.74 Å². The first-order valence-corrected chi connectivity index (χ1v) is 8.91. The Morgan fingerprint density at radius 1 is 1.39 bits per heavy atom. The molecule has 2 unspecified atom stereocenters. The van der Waals surface area contributed by atoms with Gasteiger partial charge in [-0.15, -0.1) is 0 Å². The average Bonchev–Trinajstić information content (AvgIpc) is 2.77. The van der Waals surface area contributed by atoms with Gasteiger partial charge in [-0.25, -0.2) is 8.42 Å². The summed E-state index contributed by atoms with van der Waals surface area (Å²) in [5.41, 5.74) is 0. The summed E-state index contributed by atoms with van der Waals surface area (Å²) in [4.78, 5) is 0. The highest BCUT2D eigenvalue weighted by Crippen LogP contribution is 2.15. The molecular formula is C13H27NO3S. The number of hydrogen-bond acceptors (Lipinski definition) is 4. The van der Waals surface area contributed by atoms with Crippen LogP contribution < -0.4 is 5.32 Å². The average molecular weight is 277 g/mol. The molecule has 18 heavy (non-hydrogen) atoms. The summed E-state index contributed by atoms with van der Waals surface area (Å²) < 4.78 is 29.1. The van der Waals surface area contributed by atoms with Crippen LogP contribution in [-0.4, -0.2) is 45.2 Å². The van der Waals surface area contributed by atoms with Crippen molar-refractivity contribution in [3.05, 3.63) is 0 Å². The second kappa shape index (κ2) is 8.12. The molecule has 1 rings (SSSR count). The Bertz CT molecular complexity index is 310. The lowest BCUT2D eigenvalue weighted by molar-refractivity contribution is 0.127. The molecule has 1 fully saturated rings. The minimum absolute atomic E-state index is 0.0457. The largest absolute Gasteiger partial charge is 0.377 e. The topological polar surface area (TPSA) is 55.4 Å². The van der Waals surface area contributed by atoms with E-state index in [1.54, 1.807) is 0 Å². The van der Waals surface area contributed by atoms with Gasteiger partial charge in [0, 0.05) is 12.6 Å². The Balaban J connectivity index is 2.13. The fourth-order valence-electron chi connectivity index (χ4n) is 2.37. The van der Waals surface area contributed by atoms with Gasteiger partial charge < -0.3 is 10.1 Å². The van der Waals surface area contributed by atoms with Crippen LogP contribution in [0.25, 0.3) is 0 Å². The van der Waals surface area contributed by atoms with E-state index >= 15 is 0 Å². The van der Waals surface area contributed by atoms with Crippen LogP contribution in [-0.2, 0) is 14.6 Å². The molecule has 0 aromatic rings. The van der Waals surface area contributed by atoms with Gasteiger partial charge in [-0.2, -0.15) is 0 Å². The maximum atomic E-state index is 11.9. The maximum absolute atomic E-state index is 11.9. The fourth-order valence-corrected chi connectivity index (χ4v) is 4.01. The first-order valence-electron chi connectivity index (χ1n) is 7.09. The third-order valence-corrected chi connectivity index (χ3v) is 5.15. The van der Waals surface area contributed by atoms with Crippen molar-refractivity contribution in [1.82, 2.24) is 5.32 Å². The summed E-state index contributed by atoms with van der Waals surface area (Å²) in [5, 5.41) is 3.33. The summed E-state index contributed by atoms with van der Waals surface area (Å²) in [6.07, 6.45) is 4.64. The smallest absolute Gasteiger partial charge is 0.152 e. The lowest BCUT2D eigenvalue weighted by Gasteiger charge is -2.12. The molecule has 0 radical (unpaired) electrons. The molecular weight excluding hydrogens is 250 g/mol. The van der Waals surface area contributed by atoms with Gasteiger partial charge in [0.2, 0.25) is 0 Å². The van der Waals surface area contributed by atoms with Crippen LogP contribution in [0, 0.1) is 0 Å². The summed E-state index contributed by atoms with van der Waals surface area (Å²) in [6, 6.07) is 0.482. The molecule has 108 valence electrons. The van der Waals surface area contributed by atoms with Gasteiger partial charge >= 0.3 is 0 Å². The molecule has 0 bridgehead atoms. The molecule has 5 heteroatoms. The molecule has 0 aromatic carbocycles. The molecule has 0 aromatic heterocycles. The van der Waals surface area contributed by atoms with Crippen molar-refractivity contribution >= 4 is 9.84 Å². The highest BCUT2D eigenvalue weighted by molar-refractivity contribution is 7.91. The predicted molar refractivity (Wildman–Crippen MR) is 74.6 cm³/mol. The second-order valence-corrected chi connectivity index (χ2v) is 7.43. The van der Waals surface area contributed by atoms with Crippen LogP contribution in [0.15, 0.2) is 0 Å². The molecule has 1 aliphatic rings. The van der Waals surface area contributed by atoms with Crippen molar-refractivity contribution in [2.24, 2.45) is 0 Å². The molecule has 0 saturated carbocycles. The number of unbranched alkanes of at least 4 members (excludes halogenated alkanes) is 1. The Hall–Kier alpha value is -0.130. The summed E-state index contributed by atoms with van der Waals surface area (Å²) in [5.74, 6) is 0.529. The summed E-state index contributed by atoms with van der Waals surface area (Å²) in [7, 11) is -2.92. The van der Waals surface area contributed by atoms with Crippen LogP contribution in [0.5, 0.6) is 0 Å². The second-order valence-electron chi connectivity index (χ2n) is 5.20. The molecule has 1 N–H and O–H groups in total. The Morgan fingerprint density at radius 2 is 2.17 bits per heavy atom. The van der Waals surface area contributed by atoms with Gasteiger partial charge in [-0.05, 0) is 39.2 Å². The molecule has 0 spiro atoms. The SMILES string of the molecule is CCNC(C)CCCCS(=O)(=O)CC1CCCO1. The fraction of sp³-hybridized carbons (Fsp3) is 1.00. The van der Waals surface area contributed by atoms with Crippen LogP contribution in [0.1, 0.15) is 46.0 Å². The number of ether oxygens (including phenoxy) is 1. The molecule has 1 heterocycles. The van der Waals surface area contributed by atoms with Crippen molar-refractivity contribution in [1.29, 1.82) is 0 Å². The number of nitrogens with one attached hydrogen (secondary N) is 1. The normalized spacial score (nSPS) is 22.2. The lowest BCUT2D eigenvalue weighted by Crippen LogP contribution is -2.26. The van der Waals surface area contributed by atoms with E-state index in [0.717, 1.165) is 45.3 Å². The quantitative estimate of drug-likeness (QED) is 0.652. The van der Waals surface area contributed by atoms with Crippen molar-refractivity contribution < 1.29 is 13.2 Å². The van der Waals surface area contributed by atoms with E-state index in [1.807, 2.05) is 0 Å². The molecule has 2 atom stereocenters. The zero-order valence-electron chi connectivity index (χ0n) is 11.7. The monoisotopic (exact) mass is 277 g/mol. The molecule has 1 aliphatic heterocycles. The number of sulfone groups is 1. The van der Waals surface area contributed by atoms with Gasteiger partial charge in [0.15, 0.2) is 9.84 Å².